The van der Waals surface area contributed by atoms with E-state index in [2.05, 4.69) is 22.1 Å². The zero-order valence-electron chi connectivity index (χ0n) is 16.6. The Morgan fingerprint density at radius 3 is 2.61 bits per heavy atom. The van der Waals surface area contributed by atoms with E-state index < -0.39 is 22.5 Å². The molecule has 8 nitrogen and oxygen atoms in total. The molecule has 1 amide bonds. The molecule has 2 aromatic carbocycles. The molecule has 0 radical (unpaired) electrons. The monoisotopic (exact) mass is 476 g/mol. The van der Waals surface area contributed by atoms with Gasteiger partial charge in [0.1, 0.15) is 12.3 Å². The molecule has 0 saturated carbocycles. The summed E-state index contributed by atoms with van der Waals surface area (Å²) in [5.74, 6) is 0.440. The zero-order chi connectivity index (χ0) is 22.3. The summed E-state index contributed by atoms with van der Waals surface area (Å²) in [7, 11) is -2.60. The van der Waals surface area contributed by atoms with E-state index in [9.17, 15) is 13.2 Å². The number of carbonyl (C=O) groups excluding carboxylic acids is 1. The molecule has 0 saturated heterocycles. The van der Waals surface area contributed by atoms with E-state index in [1.165, 1.54) is 42.3 Å². The van der Waals surface area contributed by atoms with Crippen LogP contribution < -0.4 is 14.4 Å². The number of para-hydroxylation sites is 2. The summed E-state index contributed by atoms with van der Waals surface area (Å²) in [6, 6.07) is 14.5. The second-order valence-electron chi connectivity index (χ2n) is 6.02. The van der Waals surface area contributed by atoms with Gasteiger partial charge in [-0.2, -0.15) is 0 Å². The summed E-state index contributed by atoms with van der Waals surface area (Å²) < 4.78 is 33.7. The van der Waals surface area contributed by atoms with E-state index >= 15 is 0 Å². The lowest BCUT2D eigenvalue weighted by molar-refractivity contribution is -0.114. The first-order valence-electron chi connectivity index (χ1n) is 9.03. The lowest BCUT2D eigenvalue weighted by Gasteiger charge is -2.25. The van der Waals surface area contributed by atoms with Crippen molar-refractivity contribution in [3.8, 4) is 5.75 Å². The van der Waals surface area contributed by atoms with Gasteiger partial charge in [-0.15, -0.1) is 16.8 Å². The van der Waals surface area contributed by atoms with Crippen LogP contribution in [-0.4, -0.2) is 43.9 Å². The Balaban J connectivity index is 1.89. The Hall–Kier alpha value is -2.89. The number of benzene rings is 2. The Morgan fingerprint density at radius 2 is 1.90 bits per heavy atom. The average molecular weight is 477 g/mol. The maximum atomic E-state index is 13.4. The van der Waals surface area contributed by atoms with Crippen LogP contribution in [0.25, 0.3) is 0 Å². The van der Waals surface area contributed by atoms with Crippen molar-refractivity contribution in [2.75, 3.05) is 29.0 Å². The fourth-order valence-corrected chi connectivity index (χ4v) is 5.57. The van der Waals surface area contributed by atoms with Gasteiger partial charge in [0.25, 0.3) is 10.0 Å². The number of ether oxygens (including phenoxy) is 1. The molecular formula is C20H20N4O4S3. The highest BCUT2D eigenvalue weighted by atomic mass is 32.2. The molecule has 1 heterocycles. The van der Waals surface area contributed by atoms with Crippen LogP contribution >= 0.6 is 23.1 Å². The fourth-order valence-electron chi connectivity index (χ4n) is 2.59. The van der Waals surface area contributed by atoms with E-state index in [-0.39, 0.29) is 15.7 Å². The standard InChI is InChI=1S/C20H20N4O4S3/c1-3-13-29-20-23-22-19(30-20)21-18(25)14-24(16-11-7-8-12-17(16)28-2)31(26,27)15-9-5-4-6-10-15/h3-12H,1,13-14H2,2H3,(H,21,22,25). The third kappa shape index (κ3) is 5.63. The van der Waals surface area contributed by atoms with Crippen LogP contribution in [0.5, 0.6) is 5.75 Å². The molecule has 0 aliphatic heterocycles. The van der Waals surface area contributed by atoms with Gasteiger partial charge in [-0.3, -0.25) is 14.4 Å². The summed E-state index contributed by atoms with van der Waals surface area (Å²) in [6.45, 7) is 3.18. The third-order valence-corrected chi connectivity index (χ3v) is 7.69. The Morgan fingerprint density at radius 1 is 1.19 bits per heavy atom. The van der Waals surface area contributed by atoms with Gasteiger partial charge in [-0.1, -0.05) is 59.5 Å². The maximum absolute atomic E-state index is 13.4. The Labute approximate surface area is 189 Å². The number of hydrogen-bond donors (Lipinski definition) is 1. The van der Waals surface area contributed by atoms with Gasteiger partial charge in [0.15, 0.2) is 4.34 Å². The van der Waals surface area contributed by atoms with E-state index in [0.717, 1.165) is 4.31 Å². The van der Waals surface area contributed by atoms with Gasteiger partial charge in [-0.25, -0.2) is 8.42 Å². The number of hydrogen-bond acceptors (Lipinski definition) is 8. The van der Waals surface area contributed by atoms with Crippen molar-refractivity contribution in [3.05, 3.63) is 67.3 Å². The molecule has 0 aliphatic carbocycles. The van der Waals surface area contributed by atoms with Gasteiger partial charge in [0.05, 0.1) is 17.7 Å². The molecular weight excluding hydrogens is 456 g/mol. The third-order valence-electron chi connectivity index (χ3n) is 3.95. The van der Waals surface area contributed by atoms with Crippen LogP contribution in [0.3, 0.4) is 0 Å². The van der Waals surface area contributed by atoms with E-state index in [1.807, 2.05) is 0 Å². The van der Waals surface area contributed by atoms with E-state index in [4.69, 9.17) is 4.74 Å². The van der Waals surface area contributed by atoms with Crippen molar-refractivity contribution in [2.24, 2.45) is 0 Å². The van der Waals surface area contributed by atoms with E-state index in [1.54, 1.807) is 48.5 Å². The van der Waals surface area contributed by atoms with Gasteiger partial charge < -0.3 is 4.74 Å². The first-order valence-corrected chi connectivity index (χ1v) is 12.3. The summed E-state index contributed by atoms with van der Waals surface area (Å²) in [4.78, 5) is 12.8. The molecule has 0 fully saturated rings. The molecule has 31 heavy (non-hydrogen) atoms. The molecule has 0 aliphatic rings. The highest BCUT2D eigenvalue weighted by Crippen LogP contribution is 2.32. The first-order chi connectivity index (χ1) is 15.0. The number of sulfonamides is 1. The van der Waals surface area contributed by atoms with Crippen LogP contribution in [0, 0.1) is 0 Å². The highest BCUT2D eigenvalue weighted by molar-refractivity contribution is 8.01. The van der Waals surface area contributed by atoms with Crippen LogP contribution in [0.15, 0.2) is 76.5 Å². The number of carbonyl (C=O) groups is 1. The molecule has 3 aromatic rings. The lowest BCUT2D eigenvalue weighted by atomic mass is 10.3. The molecule has 0 unspecified atom stereocenters. The van der Waals surface area contributed by atoms with Gasteiger partial charge >= 0.3 is 0 Å². The Bertz CT molecular complexity index is 1150. The molecule has 1 aromatic heterocycles. The van der Waals surface area contributed by atoms with Gasteiger partial charge in [0, 0.05) is 5.75 Å². The van der Waals surface area contributed by atoms with Crippen molar-refractivity contribution in [3.63, 3.8) is 0 Å². The molecule has 0 spiro atoms. The zero-order valence-corrected chi connectivity index (χ0v) is 19.0. The minimum Gasteiger partial charge on any atom is -0.495 e. The summed E-state index contributed by atoms with van der Waals surface area (Å²) in [6.07, 6.45) is 1.74. The molecule has 11 heteroatoms. The minimum atomic E-state index is -4.04. The largest absolute Gasteiger partial charge is 0.495 e. The highest BCUT2D eigenvalue weighted by Gasteiger charge is 2.29. The summed E-state index contributed by atoms with van der Waals surface area (Å²) >= 11 is 2.64. The lowest BCUT2D eigenvalue weighted by Crippen LogP contribution is -2.38. The van der Waals surface area contributed by atoms with Crippen LogP contribution in [-0.2, 0) is 14.8 Å². The quantitative estimate of drug-likeness (QED) is 0.271. The number of rotatable bonds is 10. The number of methoxy groups -OCH3 is 1. The van der Waals surface area contributed by atoms with Gasteiger partial charge in [0.2, 0.25) is 11.0 Å². The second-order valence-corrected chi connectivity index (χ2v) is 10.1. The Kier molecular flexibility index (Phi) is 7.66. The predicted octanol–water partition coefficient (Wildman–Crippen LogP) is 3.66. The smallest absolute Gasteiger partial charge is 0.264 e. The predicted molar refractivity (Wildman–Crippen MR) is 123 cm³/mol. The van der Waals surface area contributed by atoms with Crippen molar-refractivity contribution in [2.45, 2.75) is 9.24 Å². The average Bonchev–Trinajstić information content (AvgIpc) is 3.23. The van der Waals surface area contributed by atoms with Crippen LogP contribution in [0.4, 0.5) is 10.8 Å². The first kappa shape index (κ1) is 22.8. The van der Waals surface area contributed by atoms with Crippen molar-refractivity contribution in [1.29, 1.82) is 0 Å². The number of amides is 1. The minimum absolute atomic E-state index is 0.0627. The summed E-state index contributed by atoms with van der Waals surface area (Å²) in [5, 5.41) is 10.8. The molecule has 1 N–H and O–H groups in total. The SMILES string of the molecule is C=CCSc1nnc(NC(=O)CN(c2ccccc2OC)S(=O)(=O)c2ccccc2)s1. The number of aromatic nitrogens is 2. The number of nitrogens with zero attached hydrogens (tertiary/aromatic N) is 3. The number of anilines is 2. The normalized spacial score (nSPS) is 11.0. The molecule has 3 rings (SSSR count). The molecule has 0 bridgehead atoms. The van der Waals surface area contributed by atoms with E-state index in [0.29, 0.717) is 15.8 Å². The molecule has 0 atom stereocenters. The number of nitrogens with one attached hydrogen (secondary N) is 1. The molecule has 162 valence electrons. The second kappa shape index (κ2) is 10.4. The summed E-state index contributed by atoms with van der Waals surface area (Å²) in [5.41, 5.74) is 0.253. The van der Waals surface area contributed by atoms with Crippen molar-refractivity contribution < 1.29 is 17.9 Å². The maximum Gasteiger partial charge on any atom is 0.264 e. The number of thioether (sulfide) groups is 1. The van der Waals surface area contributed by atoms with Gasteiger partial charge in [-0.05, 0) is 24.3 Å². The van der Waals surface area contributed by atoms with Crippen molar-refractivity contribution >= 4 is 49.8 Å². The van der Waals surface area contributed by atoms with Crippen LogP contribution in [0.1, 0.15) is 0 Å². The van der Waals surface area contributed by atoms with Crippen LogP contribution in [0.2, 0.25) is 0 Å². The topological polar surface area (TPSA) is 101 Å². The fraction of sp³-hybridized carbons (Fsp3) is 0.150. The van der Waals surface area contributed by atoms with Crippen molar-refractivity contribution in [1.82, 2.24) is 10.2 Å².